The average Bonchev–Trinajstić information content (AvgIpc) is 2.45. The van der Waals surface area contributed by atoms with E-state index in [9.17, 15) is 8.42 Å². The van der Waals surface area contributed by atoms with Crippen LogP contribution in [0.25, 0.3) is 0 Å². The number of sulfonamides is 1. The molecule has 21 heavy (non-hydrogen) atoms. The lowest BCUT2D eigenvalue weighted by Gasteiger charge is -2.16. The summed E-state index contributed by atoms with van der Waals surface area (Å²) in [6.45, 7) is 4.84. The Kier molecular flexibility index (Phi) is 7.58. The molecule has 2 N–H and O–H groups in total. The molecular formula is C13H24N4O3S. The van der Waals surface area contributed by atoms with Crippen molar-refractivity contribution >= 4 is 15.7 Å². The molecule has 0 amide bonds. The van der Waals surface area contributed by atoms with Gasteiger partial charge in [-0.15, -0.1) is 0 Å². The van der Waals surface area contributed by atoms with Crippen molar-refractivity contribution in [2.75, 3.05) is 52.3 Å². The Morgan fingerprint density at radius 1 is 1.38 bits per heavy atom. The second-order valence-corrected chi connectivity index (χ2v) is 6.26. The number of anilines is 1. The fourth-order valence-corrected chi connectivity index (χ4v) is 2.85. The Bertz CT molecular complexity index is 522. The Hall–Kier alpha value is -1.22. The Balaban J connectivity index is 2.61. The van der Waals surface area contributed by atoms with Crippen LogP contribution in [0.3, 0.4) is 0 Å². The van der Waals surface area contributed by atoms with Crippen molar-refractivity contribution in [1.82, 2.24) is 14.6 Å². The number of hydrogen-bond donors (Lipinski definition) is 2. The molecule has 1 rings (SSSR count). The topological polar surface area (TPSA) is 83.6 Å². The summed E-state index contributed by atoms with van der Waals surface area (Å²) in [5.74, 6) is 0. The smallest absolute Gasteiger partial charge is 0.260 e. The van der Waals surface area contributed by atoms with Crippen LogP contribution in [0.2, 0.25) is 0 Å². The molecule has 1 aromatic rings. The third-order valence-electron chi connectivity index (χ3n) is 2.86. The van der Waals surface area contributed by atoms with E-state index < -0.39 is 10.0 Å². The van der Waals surface area contributed by atoms with E-state index in [1.165, 1.54) is 6.20 Å². The van der Waals surface area contributed by atoms with Crippen LogP contribution >= 0.6 is 0 Å². The van der Waals surface area contributed by atoms with Crippen molar-refractivity contribution in [2.45, 2.75) is 11.9 Å². The molecule has 1 aromatic heterocycles. The van der Waals surface area contributed by atoms with E-state index in [4.69, 9.17) is 4.74 Å². The molecule has 120 valence electrons. The van der Waals surface area contributed by atoms with E-state index in [0.717, 1.165) is 6.54 Å². The van der Waals surface area contributed by atoms with Crippen LogP contribution in [0.4, 0.5) is 5.69 Å². The van der Waals surface area contributed by atoms with Gasteiger partial charge in [-0.1, -0.05) is 0 Å². The normalized spacial score (nSPS) is 11.8. The minimum absolute atomic E-state index is 0.0337. The molecule has 0 unspecified atom stereocenters. The molecule has 0 aliphatic carbocycles. The summed E-state index contributed by atoms with van der Waals surface area (Å²) in [6, 6.07) is 3.41. The van der Waals surface area contributed by atoms with Crippen molar-refractivity contribution < 1.29 is 13.2 Å². The maximum absolute atomic E-state index is 12.3. The lowest BCUT2D eigenvalue weighted by atomic mass is 10.4. The van der Waals surface area contributed by atoms with Gasteiger partial charge in [0.2, 0.25) is 0 Å². The summed E-state index contributed by atoms with van der Waals surface area (Å²) in [6.07, 6.45) is 1.47. The predicted octanol–water partition coefficient (Wildman–Crippen LogP) is 0.370. The third kappa shape index (κ3) is 5.96. The van der Waals surface area contributed by atoms with Gasteiger partial charge in [-0.3, -0.25) is 0 Å². The van der Waals surface area contributed by atoms with Crippen LogP contribution in [-0.4, -0.2) is 65.2 Å². The zero-order chi connectivity index (χ0) is 15.7. The number of nitrogens with one attached hydrogen (secondary N) is 2. The highest BCUT2D eigenvalue weighted by Gasteiger charge is 2.19. The molecule has 0 aromatic carbocycles. The summed E-state index contributed by atoms with van der Waals surface area (Å²) in [5.41, 5.74) is 0.514. The average molecular weight is 316 g/mol. The molecule has 1 heterocycles. The lowest BCUT2D eigenvalue weighted by molar-refractivity contribution is 0.162. The van der Waals surface area contributed by atoms with Crippen molar-refractivity contribution in [1.29, 1.82) is 0 Å². The van der Waals surface area contributed by atoms with Gasteiger partial charge in [0.25, 0.3) is 10.0 Å². The number of methoxy groups -OCH3 is 1. The molecule has 0 bridgehead atoms. The van der Waals surface area contributed by atoms with E-state index in [-0.39, 0.29) is 5.03 Å². The first-order valence-corrected chi connectivity index (χ1v) is 8.35. The molecule has 0 saturated heterocycles. The molecular weight excluding hydrogens is 292 g/mol. The minimum Gasteiger partial charge on any atom is -0.383 e. The highest BCUT2D eigenvalue weighted by atomic mass is 32.2. The number of pyridine rings is 1. The van der Waals surface area contributed by atoms with E-state index in [1.807, 2.05) is 18.9 Å². The van der Waals surface area contributed by atoms with Crippen LogP contribution in [-0.2, 0) is 14.8 Å². The second-order valence-electron chi connectivity index (χ2n) is 4.58. The molecule has 0 atom stereocenters. The number of likely N-dealkylation sites (N-methyl/N-ethyl adjacent to an activating group) is 1. The Labute approximate surface area is 126 Å². The Morgan fingerprint density at radius 2 is 2.14 bits per heavy atom. The van der Waals surface area contributed by atoms with E-state index in [0.29, 0.717) is 31.9 Å². The van der Waals surface area contributed by atoms with Gasteiger partial charge >= 0.3 is 0 Å². The van der Waals surface area contributed by atoms with Gasteiger partial charge in [0.15, 0.2) is 5.03 Å². The van der Waals surface area contributed by atoms with E-state index >= 15 is 0 Å². The fraction of sp³-hybridized carbons (Fsp3) is 0.615. The summed E-state index contributed by atoms with van der Waals surface area (Å²) in [5, 5.41) is 3.03. The van der Waals surface area contributed by atoms with Crippen molar-refractivity contribution in [2.24, 2.45) is 0 Å². The largest absolute Gasteiger partial charge is 0.383 e. The highest BCUT2D eigenvalue weighted by Crippen LogP contribution is 2.17. The van der Waals surface area contributed by atoms with Crippen molar-refractivity contribution in [3.8, 4) is 0 Å². The van der Waals surface area contributed by atoms with Crippen molar-refractivity contribution in [3.05, 3.63) is 18.3 Å². The Morgan fingerprint density at radius 3 is 2.81 bits per heavy atom. The van der Waals surface area contributed by atoms with Crippen molar-refractivity contribution in [3.63, 3.8) is 0 Å². The van der Waals surface area contributed by atoms with Crippen LogP contribution in [0.1, 0.15) is 6.92 Å². The summed E-state index contributed by atoms with van der Waals surface area (Å²) in [7, 11) is -0.0572. The number of rotatable bonds is 10. The van der Waals surface area contributed by atoms with Gasteiger partial charge in [-0.2, -0.15) is 0 Å². The second kappa shape index (κ2) is 8.93. The maximum atomic E-state index is 12.3. The first-order valence-electron chi connectivity index (χ1n) is 6.87. The summed E-state index contributed by atoms with van der Waals surface area (Å²) in [4.78, 5) is 5.97. The van der Waals surface area contributed by atoms with Crippen LogP contribution in [0.5, 0.6) is 0 Å². The standard InChI is InChI=1S/C13H24N4O3S/c1-4-14-12-6-5-7-15-13(12)21(18,19)16-8-9-17(2)10-11-20-3/h5-7,14,16H,4,8-11H2,1-3H3. The number of aromatic nitrogens is 1. The highest BCUT2D eigenvalue weighted by molar-refractivity contribution is 7.89. The molecule has 0 aliphatic rings. The SMILES string of the molecule is CCNc1cccnc1S(=O)(=O)NCCN(C)CCOC. The van der Waals surface area contributed by atoms with Gasteiger partial charge < -0.3 is 15.0 Å². The van der Waals surface area contributed by atoms with Crippen LogP contribution in [0, 0.1) is 0 Å². The monoisotopic (exact) mass is 316 g/mol. The predicted molar refractivity (Wildman–Crippen MR) is 83.0 cm³/mol. The molecule has 0 spiro atoms. The summed E-state index contributed by atoms with van der Waals surface area (Å²) < 4.78 is 32.1. The fourth-order valence-electron chi connectivity index (χ4n) is 1.73. The number of hydrogen-bond acceptors (Lipinski definition) is 6. The number of nitrogens with zero attached hydrogens (tertiary/aromatic N) is 2. The minimum atomic E-state index is -3.61. The molecule has 0 radical (unpaired) electrons. The maximum Gasteiger partial charge on any atom is 0.260 e. The third-order valence-corrected chi connectivity index (χ3v) is 4.27. The zero-order valence-corrected chi connectivity index (χ0v) is 13.6. The van der Waals surface area contributed by atoms with E-state index in [1.54, 1.807) is 19.2 Å². The molecule has 0 saturated carbocycles. The molecule has 0 aliphatic heterocycles. The first-order chi connectivity index (χ1) is 10.0. The van der Waals surface area contributed by atoms with Gasteiger partial charge in [0.05, 0.1) is 12.3 Å². The van der Waals surface area contributed by atoms with Crippen LogP contribution < -0.4 is 10.0 Å². The molecule has 0 fully saturated rings. The van der Waals surface area contributed by atoms with Crippen LogP contribution in [0.15, 0.2) is 23.4 Å². The molecule has 8 heteroatoms. The molecule has 7 nitrogen and oxygen atoms in total. The quantitative estimate of drug-likeness (QED) is 0.649. The zero-order valence-electron chi connectivity index (χ0n) is 12.8. The van der Waals surface area contributed by atoms with Gasteiger partial charge in [0.1, 0.15) is 0 Å². The lowest BCUT2D eigenvalue weighted by Crippen LogP contribution is -2.35. The van der Waals surface area contributed by atoms with E-state index in [2.05, 4.69) is 15.0 Å². The first kappa shape index (κ1) is 17.8. The van der Waals surface area contributed by atoms with Gasteiger partial charge in [-0.25, -0.2) is 18.1 Å². The van der Waals surface area contributed by atoms with Gasteiger partial charge in [-0.05, 0) is 26.1 Å². The van der Waals surface area contributed by atoms with Gasteiger partial charge in [0, 0.05) is 39.5 Å². The number of ether oxygens (including phenoxy) is 1. The summed E-state index contributed by atoms with van der Waals surface area (Å²) >= 11 is 0.